The molecule has 0 unspecified atom stereocenters. The molecular weight excluding hydrogens is 233 g/mol. The number of hydrogen-bond donors (Lipinski definition) is 1. The van der Waals surface area contributed by atoms with Gasteiger partial charge in [0, 0.05) is 17.1 Å². The van der Waals surface area contributed by atoms with Crippen molar-refractivity contribution in [3.05, 3.63) is 33.8 Å². The van der Waals surface area contributed by atoms with Gasteiger partial charge in [-0.2, -0.15) is 0 Å². The highest BCUT2D eigenvalue weighted by Gasteiger charge is 2.17. The van der Waals surface area contributed by atoms with Crippen LogP contribution in [0, 0.1) is 0 Å². The minimum atomic E-state index is -0.282. The summed E-state index contributed by atoms with van der Waals surface area (Å²) in [5.74, 6) is 0. The first-order chi connectivity index (χ1) is 6.29. The maximum Gasteiger partial charge on any atom is 0.105 e. The normalized spacial score (nSPS) is 21.2. The lowest BCUT2D eigenvalue weighted by Gasteiger charge is -2.23. The molecule has 0 fully saturated rings. The highest BCUT2D eigenvalue weighted by Crippen LogP contribution is 2.21. The summed E-state index contributed by atoms with van der Waals surface area (Å²) in [7, 11) is 0. The van der Waals surface area contributed by atoms with Crippen LogP contribution in [0.3, 0.4) is 0 Å². The van der Waals surface area contributed by atoms with Crippen LogP contribution in [0.25, 0.3) is 0 Å². The van der Waals surface area contributed by atoms with E-state index in [0.29, 0.717) is 0 Å². The lowest BCUT2D eigenvalue weighted by atomic mass is 9.97. The molecule has 0 amide bonds. The molecule has 0 radical (unpaired) electrons. The van der Waals surface area contributed by atoms with Crippen molar-refractivity contribution >= 4 is 15.9 Å². The molecule has 1 aliphatic heterocycles. The zero-order valence-corrected chi connectivity index (χ0v) is 8.77. The summed E-state index contributed by atoms with van der Waals surface area (Å²) in [5, 5.41) is 3.16. The predicted octanol–water partition coefficient (Wildman–Crippen LogP) is 2.43. The van der Waals surface area contributed by atoms with E-state index in [4.69, 9.17) is 0 Å². The Morgan fingerprint density at radius 3 is 3.08 bits per heavy atom. The maximum atomic E-state index is 12.4. The van der Waals surface area contributed by atoms with Crippen molar-refractivity contribution in [2.24, 2.45) is 0 Å². The second kappa shape index (κ2) is 3.76. The second-order valence-electron chi connectivity index (χ2n) is 3.35. The fourth-order valence-corrected chi connectivity index (χ4v) is 2.07. The van der Waals surface area contributed by atoms with Crippen LogP contribution >= 0.6 is 15.9 Å². The standard InChI is InChI=1S/C10H11BrFN/c11-9-2-1-7-4-10(5-12)13-6-8(7)3-9/h1-3,10,13H,4-6H2/t10-/m1/s1. The Morgan fingerprint density at radius 1 is 1.46 bits per heavy atom. The molecule has 1 aromatic carbocycles. The van der Waals surface area contributed by atoms with Gasteiger partial charge in [-0.25, -0.2) is 4.39 Å². The fourth-order valence-electron chi connectivity index (χ4n) is 1.66. The molecule has 0 aliphatic carbocycles. The fraction of sp³-hybridized carbons (Fsp3) is 0.400. The van der Waals surface area contributed by atoms with Crippen molar-refractivity contribution in [1.82, 2.24) is 5.32 Å². The third-order valence-corrected chi connectivity index (χ3v) is 2.90. The third kappa shape index (κ3) is 1.92. The third-order valence-electron chi connectivity index (χ3n) is 2.40. The molecule has 0 spiro atoms. The van der Waals surface area contributed by atoms with Crippen LogP contribution in [-0.2, 0) is 13.0 Å². The summed E-state index contributed by atoms with van der Waals surface area (Å²) in [6.07, 6.45) is 0.805. The van der Waals surface area contributed by atoms with Gasteiger partial charge in [0.1, 0.15) is 6.67 Å². The Morgan fingerprint density at radius 2 is 2.31 bits per heavy atom. The zero-order chi connectivity index (χ0) is 9.26. The Labute approximate surface area is 85.5 Å². The number of rotatable bonds is 1. The minimum Gasteiger partial charge on any atom is -0.307 e. The molecule has 1 aliphatic rings. The molecule has 1 nitrogen and oxygen atoms in total. The van der Waals surface area contributed by atoms with Crippen molar-refractivity contribution in [3.63, 3.8) is 0 Å². The van der Waals surface area contributed by atoms with Crippen LogP contribution in [0.1, 0.15) is 11.1 Å². The van der Waals surface area contributed by atoms with Gasteiger partial charge in [0.15, 0.2) is 0 Å². The molecule has 13 heavy (non-hydrogen) atoms. The molecule has 1 aromatic rings. The summed E-state index contributed by atoms with van der Waals surface area (Å²) in [5.41, 5.74) is 2.55. The lowest BCUT2D eigenvalue weighted by molar-refractivity contribution is 0.359. The van der Waals surface area contributed by atoms with Gasteiger partial charge < -0.3 is 5.32 Å². The number of alkyl halides is 1. The molecular formula is C10H11BrFN. The van der Waals surface area contributed by atoms with Crippen molar-refractivity contribution in [2.45, 2.75) is 19.0 Å². The number of halogens is 2. The van der Waals surface area contributed by atoms with Gasteiger partial charge in [0.2, 0.25) is 0 Å². The van der Waals surface area contributed by atoms with Crippen LogP contribution in [0.4, 0.5) is 4.39 Å². The largest absolute Gasteiger partial charge is 0.307 e. The quantitative estimate of drug-likeness (QED) is 0.800. The number of benzene rings is 1. The minimum absolute atomic E-state index is 0.00803. The zero-order valence-electron chi connectivity index (χ0n) is 7.19. The van der Waals surface area contributed by atoms with Crippen molar-refractivity contribution in [2.75, 3.05) is 6.67 Å². The van der Waals surface area contributed by atoms with E-state index in [-0.39, 0.29) is 12.7 Å². The Balaban J connectivity index is 2.26. The van der Waals surface area contributed by atoms with Gasteiger partial charge in [-0.15, -0.1) is 0 Å². The monoisotopic (exact) mass is 243 g/mol. The van der Waals surface area contributed by atoms with Crippen LogP contribution < -0.4 is 5.32 Å². The van der Waals surface area contributed by atoms with E-state index in [1.165, 1.54) is 11.1 Å². The van der Waals surface area contributed by atoms with E-state index in [2.05, 4.69) is 33.4 Å². The lowest BCUT2D eigenvalue weighted by Crippen LogP contribution is -2.37. The smallest absolute Gasteiger partial charge is 0.105 e. The van der Waals surface area contributed by atoms with Crippen LogP contribution in [0.5, 0.6) is 0 Å². The average molecular weight is 244 g/mol. The molecule has 2 rings (SSSR count). The SMILES string of the molecule is FC[C@H]1Cc2ccc(Br)cc2CN1. The van der Waals surface area contributed by atoms with Crippen molar-refractivity contribution in [3.8, 4) is 0 Å². The molecule has 1 N–H and O–H groups in total. The first kappa shape index (κ1) is 9.16. The molecule has 3 heteroatoms. The van der Waals surface area contributed by atoms with Gasteiger partial charge >= 0.3 is 0 Å². The molecule has 0 aromatic heterocycles. The first-order valence-electron chi connectivity index (χ1n) is 4.36. The van der Waals surface area contributed by atoms with Crippen LogP contribution in [-0.4, -0.2) is 12.7 Å². The van der Waals surface area contributed by atoms with Crippen LogP contribution in [0.15, 0.2) is 22.7 Å². The second-order valence-corrected chi connectivity index (χ2v) is 4.26. The van der Waals surface area contributed by atoms with Gasteiger partial charge in [-0.1, -0.05) is 22.0 Å². The molecule has 0 bridgehead atoms. The van der Waals surface area contributed by atoms with Gasteiger partial charge in [0.05, 0.1) is 0 Å². The molecule has 70 valence electrons. The Hall–Kier alpha value is -0.410. The van der Waals surface area contributed by atoms with E-state index in [1.807, 2.05) is 6.07 Å². The molecule has 0 saturated heterocycles. The summed E-state index contributed by atoms with van der Waals surface area (Å²) in [6, 6.07) is 6.19. The summed E-state index contributed by atoms with van der Waals surface area (Å²) in [4.78, 5) is 0. The highest BCUT2D eigenvalue weighted by molar-refractivity contribution is 9.10. The molecule has 1 heterocycles. The predicted molar refractivity (Wildman–Crippen MR) is 54.4 cm³/mol. The van der Waals surface area contributed by atoms with Crippen LogP contribution in [0.2, 0.25) is 0 Å². The Kier molecular flexibility index (Phi) is 2.65. The van der Waals surface area contributed by atoms with Crippen molar-refractivity contribution < 1.29 is 4.39 Å². The highest BCUT2D eigenvalue weighted by atomic mass is 79.9. The summed E-state index contributed by atoms with van der Waals surface area (Å²) in [6.45, 7) is 0.499. The summed E-state index contributed by atoms with van der Waals surface area (Å²) < 4.78 is 13.5. The van der Waals surface area contributed by atoms with Gasteiger partial charge in [0.25, 0.3) is 0 Å². The van der Waals surface area contributed by atoms with E-state index in [0.717, 1.165) is 17.4 Å². The maximum absolute atomic E-state index is 12.4. The number of fused-ring (bicyclic) bond motifs is 1. The van der Waals surface area contributed by atoms with Gasteiger partial charge in [-0.05, 0) is 29.7 Å². The average Bonchev–Trinajstić information content (AvgIpc) is 2.17. The number of nitrogens with one attached hydrogen (secondary N) is 1. The first-order valence-corrected chi connectivity index (χ1v) is 5.15. The molecule has 1 atom stereocenters. The van der Waals surface area contributed by atoms with Gasteiger partial charge in [-0.3, -0.25) is 0 Å². The van der Waals surface area contributed by atoms with E-state index in [1.54, 1.807) is 0 Å². The van der Waals surface area contributed by atoms with Crippen molar-refractivity contribution in [1.29, 1.82) is 0 Å². The topological polar surface area (TPSA) is 12.0 Å². The number of hydrogen-bond acceptors (Lipinski definition) is 1. The molecule has 0 saturated carbocycles. The van der Waals surface area contributed by atoms with E-state index in [9.17, 15) is 4.39 Å². The van der Waals surface area contributed by atoms with E-state index < -0.39 is 0 Å². The van der Waals surface area contributed by atoms with E-state index >= 15 is 0 Å². The Bertz CT molecular complexity index is 314. The summed E-state index contributed by atoms with van der Waals surface area (Å²) >= 11 is 3.42.